The molecule has 33 heavy (non-hydrogen) atoms. The van der Waals surface area contributed by atoms with E-state index in [1.807, 2.05) is 56.6 Å². The number of rotatable bonds is 7. The molecule has 0 atom stereocenters. The van der Waals surface area contributed by atoms with E-state index in [2.05, 4.69) is 15.5 Å². The molecule has 1 aliphatic heterocycles. The summed E-state index contributed by atoms with van der Waals surface area (Å²) in [6.45, 7) is 0.829. The van der Waals surface area contributed by atoms with E-state index in [1.54, 1.807) is 24.3 Å². The number of carboxylic acids is 1. The minimum Gasteiger partial charge on any atom is -0.481 e. The van der Waals surface area contributed by atoms with Gasteiger partial charge >= 0.3 is 5.97 Å². The maximum absolute atomic E-state index is 13.0. The third-order valence-corrected chi connectivity index (χ3v) is 5.53. The van der Waals surface area contributed by atoms with Crippen LogP contribution in [0.25, 0.3) is 11.3 Å². The Morgan fingerprint density at radius 1 is 1.00 bits per heavy atom. The van der Waals surface area contributed by atoms with Crippen LogP contribution in [0.4, 0.5) is 11.4 Å². The molecule has 6 nitrogen and oxygen atoms in total. The highest BCUT2D eigenvalue weighted by Gasteiger charge is 2.28. The van der Waals surface area contributed by atoms with E-state index in [9.17, 15) is 9.59 Å². The number of carboxylic acid groups (broad SMARTS) is 1. The molecular formula is C26H24ClN3O3. The summed E-state index contributed by atoms with van der Waals surface area (Å²) in [5.41, 5.74) is 6.03. The average molecular weight is 462 g/mol. The van der Waals surface area contributed by atoms with E-state index < -0.39 is 5.97 Å². The summed E-state index contributed by atoms with van der Waals surface area (Å²) in [6, 6.07) is 20.5. The largest absolute Gasteiger partial charge is 0.481 e. The van der Waals surface area contributed by atoms with Crippen LogP contribution in [-0.4, -0.2) is 36.0 Å². The van der Waals surface area contributed by atoms with Crippen molar-refractivity contribution in [3.8, 4) is 0 Å². The van der Waals surface area contributed by atoms with E-state index >= 15 is 0 Å². The highest BCUT2D eigenvalue weighted by Crippen LogP contribution is 2.38. The smallest absolute Gasteiger partial charge is 0.307 e. The van der Waals surface area contributed by atoms with E-state index in [4.69, 9.17) is 16.7 Å². The fourth-order valence-electron chi connectivity index (χ4n) is 3.84. The number of benzene rings is 3. The maximum Gasteiger partial charge on any atom is 0.307 e. The second kappa shape index (κ2) is 9.48. The van der Waals surface area contributed by atoms with Gasteiger partial charge in [-0.15, -0.1) is 0 Å². The summed E-state index contributed by atoms with van der Waals surface area (Å²) in [6.07, 6.45) is -0.0607. The summed E-state index contributed by atoms with van der Waals surface area (Å²) < 4.78 is 0. The van der Waals surface area contributed by atoms with Crippen LogP contribution in [0.5, 0.6) is 0 Å². The highest BCUT2D eigenvalue weighted by molar-refractivity contribution is 6.38. The molecule has 1 amide bonds. The van der Waals surface area contributed by atoms with Gasteiger partial charge in [0.15, 0.2) is 0 Å². The molecule has 1 aliphatic rings. The van der Waals surface area contributed by atoms with Crippen molar-refractivity contribution in [1.82, 2.24) is 4.90 Å². The zero-order valence-electron chi connectivity index (χ0n) is 18.4. The number of fused-ring (bicyclic) bond motifs is 1. The molecule has 0 bridgehead atoms. The van der Waals surface area contributed by atoms with E-state index in [1.165, 1.54) is 5.56 Å². The Bertz CT molecular complexity index is 1230. The lowest BCUT2D eigenvalue weighted by Gasteiger charge is -2.16. The monoisotopic (exact) mass is 461 g/mol. The Morgan fingerprint density at radius 3 is 2.30 bits per heavy atom. The van der Waals surface area contributed by atoms with Crippen LogP contribution in [0.1, 0.15) is 22.3 Å². The molecule has 0 aromatic heterocycles. The molecule has 3 aromatic rings. The minimum atomic E-state index is -0.891. The molecule has 1 heterocycles. The number of aliphatic carboxylic acids is 1. The fraction of sp³-hybridized carbons (Fsp3) is 0.154. The summed E-state index contributed by atoms with van der Waals surface area (Å²) in [4.78, 5) is 26.1. The number of nitrogens with one attached hydrogen (secondary N) is 2. The molecule has 7 heteroatoms. The second-order valence-corrected chi connectivity index (χ2v) is 8.66. The number of carbonyl (C=O) groups excluding carboxylic acids is 1. The standard InChI is InChI=1S/C26H24ClN3O3/c1-30(2)15-17-5-10-20(11-6-17)28-25(18-7-3-16(4-8-18)13-23(31)32)24-21-12-9-19(27)14-22(21)29-26(24)33/h3-12,14,28H,13,15H2,1-2H3,(H,29,33)(H,31,32)/b25-24-. The van der Waals surface area contributed by atoms with Crippen molar-refractivity contribution in [1.29, 1.82) is 0 Å². The van der Waals surface area contributed by atoms with Gasteiger partial charge < -0.3 is 20.6 Å². The van der Waals surface area contributed by atoms with Crippen LogP contribution in [0.15, 0.2) is 66.7 Å². The Kier molecular flexibility index (Phi) is 6.49. The predicted octanol–water partition coefficient (Wildman–Crippen LogP) is 4.96. The second-order valence-electron chi connectivity index (χ2n) is 8.22. The van der Waals surface area contributed by atoms with Crippen molar-refractivity contribution in [3.63, 3.8) is 0 Å². The van der Waals surface area contributed by atoms with Gasteiger partial charge in [-0.1, -0.05) is 54.1 Å². The van der Waals surface area contributed by atoms with Crippen molar-refractivity contribution in [2.45, 2.75) is 13.0 Å². The number of hydrogen-bond donors (Lipinski definition) is 3. The Balaban J connectivity index is 1.77. The van der Waals surface area contributed by atoms with Gasteiger partial charge in [0.05, 0.1) is 23.4 Å². The number of amides is 1. The fourth-order valence-corrected chi connectivity index (χ4v) is 4.01. The summed E-state index contributed by atoms with van der Waals surface area (Å²) in [5.74, 6) is -1.12. The molecule has 0 unspecified atom stereocenters. The molecule has 0 spiro atoms. The summed E-state index contributed by atoms with van der Waals surface area (Å²) >= 11 is 6.12. The number of anilines is 2. The first-order valence-electron chi connectivity index (χ1n) is 10.5. The van der Waals surface area contributed by atoms with Gasteiger partial charge in [0.2, 0.25) is 0 Å². The zero-order valence-corrected chi connectivity index (χ0v) is 19.1. The van der Waals surface area contributed by atoms with E-state index in [0.717, 1.165) is 23.4 Å². The number of carbonyl (C=O) groups is 2. The third-order valence-electron chi connectivity index (χ3n) is 5.30. The van der Waals surface area contributed by atoms with Gasteiger partial charge in [-0.05, 0) is 55.1 Å². The van der Waals surface area contributed by atoms with E-state index in [0.29, 0.717) is 27.5 Å². The van der Waals surface area contributed by atoms with Gasteiger partial charge in [-0.2, -0.15) is 0 Å². The van der Waals surface area contributed by atoms with Crippen LogP contribution in [0.2, 0.25) is 5.02 Å². The molecule has 0 saturated carbocycles. The predicted molar refractivity (Wildman–Crippen MR) is 132 cm³/mol. The lowest BCUT2D eigenvalue weighted by molar-refractivity contribution is -0.136. The van der Waals surface area contributed by atoms with Gasteiger partial charge in [-0.3, -0.25) is 9.59 Å². The van der Waals surface area contributed by atoms with Gasteiger partial charge in [-0.25, -0.2) is 0 Å². The average Bonchev–Trinajstić information content (AvgIpc) is 3.07. The summed E-state index contributed by atoms with van der Waals surface area (Å²) in [5, 5.41) is 15.9. The molecule has 0 fully saturated rings. The third kappa shape index (κ3) is 5.25. The molecule has 0 radical (unpaired) electrons. The number of hydrogen-bond acceptors (Lipinski definition) is 4. The first-order chi connectivity index (χ1) is 15.8. The van der Waals surface area contributed by atoms with Crippen molar-refractivity contribution in [2.75, 3.05) is 24.7 Å². The molecule has 4 rings (SSSR count). The molecule has 3 N–H and O–H groups in total. The molecule has 0 aliphatic carbocycles. The lowest BCUT2D eigenvalue weighted by Crippen LogP contribution is -2.11. The number of nitrogens with zero attached hydrogens (tertiary/aromatic N) is 1. The Labute approximate surface area is 197 Å². The van der Waals surface area contributed by atoms with Crippen LogP contribution in [-0.2, 0) is 22.6 Å². The summed E-state index contributed by atoms with van der Waals surface area (Å²) in [7, 11) is 4.04. The van der Waals surface area contributed by atoms with Crippen molar-refractivity contribution in [3.05, 3.63) is 94.0 Å². The SMILES string of the molecule is CN(C)Cc1ccc(N/C(=C2\C(=O)Nc3cc(Cl)ccc32)c2ccc(CC(=O)O)cc2)cc1. The topological polar surface area (TPSA) is 81.7 Å². The number of halogens is 1. The van der Waals surface area contributed by atoms with Crippen LogP contribution in [0.3, 0.4) is 0 Å². The van der Waals surface area contributed by atoms with Gasteiger partial charge in [0.25, 0.3) is 5.91 Å². The lowest BCUT2D eigenvalue weighted by atomic mass is 9.98. The Morgan fingerprint density at radius 2 is 1.67 bits per heavy atom. The normalized spacial score (nSPS) is 14.1. The zero-order chi connectivity index (χ0) is 23.5. The van der Waals surface area contributed by atoms with Crippen LogP contribution >= 0.6 is 11.6 Å². The maximum atomic E-state index is 13.0. The Hall–Kier alpha value is -3.61. The van der Waals surface area contributed by atoms with Crippen molar-refractivity contribution in [2.24, 2.45) is 0 Å². The van der Waals surface area contributed by atoms with Crippen molar-refractivity contribution >= 4 is 46.1 Å². The van der Waals surface area contributed by atoms with E-state index in [-0.39, 0.29) is 12.3 Å². The quantitative estimate of drug-likeness (QED) is 0.433. The molecular weight excluding hydrogens is 438 g/mol. The first-order valence-corrected chi connectivity index (χ1v) is 10.9. The van der Waals surface area contributed by atoms with Gasteiger partial charge in [0, 0.05) is 22.8 Å². The molecule has 168 valence electrons. The van der Waals surface area contributed by atoms with Crippen molar-refractivity contribution < 1.29 is 14.7 Å². The van der Waals surface area contributed by atoms with Crippen LogP contribution in [0, 0.1) is 0 Å². The van der Waals surface area contributed by atoms with Crippen LogP contribution < -0.4 is 10.6 Å². The minimum absolute atomic E-state index is 0.0607. The highest BCUT2D eigenvalue weighted by atomic mass is 35.5. The molecule has 0 saturated heterocycles. The van der Waals surface area contributed by atoms with Gasteiger partial charge in [0.1, 0.15) is 0 Å². The molecule has 3 aromatic carbocycles. The first kappa shape index (κ1) is 22.6.